The standard InChI is InChI=1S/C11H20N4O/c1-2-7-13-10(16)8-14-11(12)15-9-5-3-4-6-9/h2,9H,1,3-8H2,(H,13,16)(H3,12,14,15). The Balaban J connectivity index is 2.21. The van der Waals surface area contributed by atoms with Crippen molar-refractivity contribution < 1.29 is 4.79 Å². The van der Waals surface area contributed by atoms with Crippen LogP contribution in [0, 0.1) is 0 Å². The molecule has 1 saturated carbocycles. The molecule has 90 valence electrons. The predicted molar refractivity (Wildman–Crippen MR) is 65.1 cm³/mol. The van der Waals surface area contributed by atoms with Crippen molar-refractivity contribution in [3.63, 3.8) is 0 Å². The zero-order valence-corrected chi connectivity index (χ0v) is 9.54. The monoisotopic (exact) mass is 224 g/mol. The van der Waals surface area contributed by atoms with Gasteiger partial charge in [-0.25, -0.2) is 4.99 Å². The number of hydrogen-bond donors (Lipinski definition) is 3. The number of nitrogens with one attached hydrogen (secondary N) is 2. The van der Waals surface area contributed by atoms with Gasteiger partial charge in [-0.15, -0.1) is 6.58 Å². The molecule has 1 fully saturated rings. The number of guanidine groups is 1. The van der Waals surface area contributed by atoms with Crippen LogP contribution in [0.3, 0.4) is 0 Å². The van der Waals surface area contributed by atoms with Gasteiger partial charge in [0.25, 0.3) is 0 Å². The molecule has 0 aliphatic heterocycles. The highest BCUT2D eigenvalue weighted by Gasteiger charge is 2.14. The van der Waals surface area contributed by atoms with Gasteiger partial charge in [0.05, 0.1) is 0 Å². The largest absolute Gasteiger partial charge is 0.370 e. The van der Waals surface area contributed by atoms with E-state index in [2.05, 4.69) is 22.2 Å². The maximum Gasteiger partial charge on any atom is 0.242 e. The maximum atomic E-state index is 11.2. The van der Waals surface area contributed by atoms with Gasteiger partial charge in [-0.3, -0.25) is 4.79 Å². The van der Waals surface area contributed by atoms with Crippen LogP contribution in [0.5, 0.6) is 0 Å². The van der Waals surface area contributed by atoms with Gasteiger partial charge in [0, 0.05) is 12.6 Å². The highest BCUT2D eigenvalue weighted by Crippen LogP contribution is 2.17. The zero-order chi connectivity index (χ0) is 11.8. The Bertz CT molecular complexity index is 269. The van der Waals surface area contributed by atoms with E-state index >= 15 is 0 Å². The van der Waals surface area contributed by atoms with Gasteiger partial charge >= 0.3 is 0 Å². The summed E-state index contributed by atoms with van der Waals surface area (Å²) in [5, 5.41) is 5.75. The van der Waals surface area contributed by atoms with Crippen molar-refractivity contribution >= 4 is 11.9 Å². The summed E-state index contributed by atoms with van der Waals surface area (Å²) in [6, 6.07) is 0.431. The van der Waals surface area contributed by atoms with E-state index in [-0.39, 0.29) is 12.5 Å². The summed E-state index contributed by atoms with van der Waals surface area (Å²) in [6.07, 6.45) is 6.38. The molecule has 4 N–H and O–H groups in total. The number of nitrogens with two attached hydrogens (primary N) is 1. The van der Waals surface area contributed by atoms with Gasteiger partial charge in [-0.1, -0.05) is 18.9 Å². The van der Waals surface area contributed by atoms with Crippen LogP contribution >= 0.6 is 0 Å². The molecule has 1 amide bonds. The molecule has 16 heavy (non-hydrogen) atoms. The fourth-order valence-electron chi connectivity index (χ4n) is 1.72. The average Bonchev–Trinajstić information content (AvgIpc) is 2.76. The molecule has 0 aromatic carbocycles. The van der Waals surface area contributed by atoms with Crippen LogP contribution in [-0.4, -0.2) is 31.0 Å². The number of carbonyl (C=O) groups is 1. The second-order valence-corrected chi connectivity index (χ2v) is 3.92. The van der Waals surface area contributed by atoms with E-state index in [1.807, 2.05) is 0 Å². The Morgan fingerprint density at radius 3 is 2.81 bits per heavy atom. The molecular weight excluding hydrogens is 204 g/mol. The van der Waals surface area contributed by atoms with Gasteiger partial charge in [-0.2, -0.15) is 0 Å². The van der Waals surface area contributed by atoms with Crippen LogP contribution in [0.2, 0.25) is 0 Å². The second kappa shape index (κ2) is 6.87. The Morgan fingerprint density at radius 2 is 2.19 bits per heavy atom. The van der Waals surface area contributed by atoms with Gasteiger partial charge < -0.3 is 16.4 Å². The molecule has 5 heteroatoms. The van der Waals surface area contributed by atoms with E-state index in [0.29, 0.717) is 18.5 Å². The lowest BCUT2D eigenvalue weighted by Crippen LogP contribution is -2.39. The van der Waals surface area contributed by atoms with Crippen molar-refractivity contribution in [3.05, 3.63) is 12.7 Å². The number of rotatable bonds is 5. The normalized spacial score (nSPS) is 17.1. The fraction of sp³-hybridized carbons (Fsp3) is 0.636. The number of nitrogens with zero attached hydrogens (tertiary/aromatic N) is 1. The molecule has 0 aromatic rings. The summed E-state index contributed by atoms with van der Waals surface area (Å²) in [7, 11) is 0. The topological polar surface area (TPSA) is 79.5 Å². The lowest BCUT2D eigenvalue weighted by atomic mass is 10.2. The zero-order valence-electron chi connectivity index (χ0n) is 9.54. The first-order valence-corrected chi connectivity index (χ1v) is 5.66. The second-order valence-electron chi connectivity index (χ2n) is 3.92. The highest BCUT2D eigenvalue weighted by atomic mass is 16.1. The minimum atomic E-state index is -0.143. The molecule has 0 atom stereocenters. The van der Waals surface area contributed by atoms with E-state index < -0.39 is 0 Å². The summed E-state index contributed by atoms with van der Waals surface area (Å²) in [6.45, 7) is 4.04. The van der Waals surface area contributed by atoms with Gasteiger partial charge in [-0.05, 0) is 12.8 Å². The quantitative estimate of drug-likeness (QED) is 0.353. The fourth-order valence-corrected chi connectivity index (χ4v) is 1.72. The molecule has 1 aliphatic rings. The summed E-state index contributed by atoms with van der Waals surface area (Å²) in [5.74, 6) is 0.219. The minimum absolute atomic E-state index is 0.0688. The van der Waals surface area contributed by atoms with Crippen LogP contribution in [0.4, 0.5) is 0 Å². The van der Waals surface area contributed by atoms with Crippen LogP contribution in [0.25, 0.3) is 0 Å². The SMILES string of the molecule is C=CCNC(=O)CN=C(N)NC1CCCC1. The lowest BCUT2D eigenvalue weighted by molar-refractivity contribution is -0.119. The maximum absolute atomic E-state index is 11.2. The molecule has 1 aliphatic carbocycles. The van der Waals surface area contributed by atoms with Crippen molar-refractivity contribution in [2.45, 2.75) is 31.7 Å². The van der Waals surface area contributed by atoms with Crippen LogP contribution in [0.15, 0.2) is 17.6 Å². The Morgan fingerprint density at radius 1 is 1.50 bits per heavy atom. The van der Waals surface area contributed by atoms with Crippen LogP contribution in [-0.2, 0) is 4.79 Å². The van der Waals surface area contributed by atoms with Gasteiger partial charge in [0.15, 0.2) is 5.96 Å². The number of amides is 1. The third kappa shape index (κ3) is 4.82. The molecule has 0 aromatic heterocycles. The van der Waals surface area contributed by atoms with E-state index in [9.17, 15) is 4.79 Å². The number of hydrogen-bond acceptors (Lipinski definition) is 2. The number of carbonyl (C=O) groups excluding carboxylic acids is 1. The van der Waals surface area contributed by atoms with Crippen LogP contribution < -0.4 is 16.4 Å². The molecule has 0 saturated heterocycles. The molecule has 1 rings (SSSR count). The van der Waals surface area contributed by atoms with Crippen molar-refractivity contribution in [2.24, 2.45) is 10.7 Å². The average molecular weight is 224 g/mol. The molecule has 5 nitrogen and oxygen atoms in total. The van der Waals surface area contributed by atoms with E-state index in [4.69, 9.17) is 5.73 Å². The van der Waals surface area contributed by atoms with Crippen molar-refractivity contribution in [2.75, 3.05) is 13.1 Å². The van der Waals surface area contributed by atoms with Gasteiger partial charge in [0.1, 0.15) is 6.54 Å². The van der Waals surface area contributed by atoms with Crippen molar-refractivity contribution in [1.29, 1.82) is 0 Å². The molecular formula is C11H20N4O. The molecule has 0 heterocycles. The Labute approximate surface area is 96.2 Å². The van der Waals surface area contributed by atoms with Crippen LogP contribution in [0.1, 0.15) is 25.7 Å². The summed E-state index contributed by atoms with van der Waals surface area (Å²) < 4.78 is 0. The van der Waals surface area contributed by atoms with E-state index in [1.165, 1.54) is 12.8 Å². The van der Waals surface area contributed by atoms with E-state index in [0.717, 1.165) is 12.8 Å². The minimum Gasteiger partial charge on any atom is -0.370 e. The first-order chi connectivity index (χ1) is 7.72. The first-order valence-electron chi connectivity index (χ1n) is 5.66. The lowest BCUT2D eigenvalue weighted by Gasteiger charge is -2.11. The van der Waals surface area contributed by atoms with Crippen molar-refractivity contribution in [1.82, 2.24) is 10.6 Å². The van der Waals surface area contributed by atoms with Crippen molar-refractivity contribution in [3.8, 4) is 0 Å². The Hall–Kier alpha value is -1.52. The molecule has 0 unspecified atom stereocenters. The molecule has 0 spiro atoms. The smallest absolute Gasteiger partial charge is 0.242 e. The first kappa shape index (κ1) is 12.5. The van der Waals surface area contributed by atoms with Gasteiger partial charge in [0.2, 0.25) is 5.91 Å². The van der Waals surface area contributed by atoms with E-state index in [1.54, 1.807) is 6.08 Å². The molecule has 0 bridgehead atoms. The third-order valence-electron chi connectivity index (χ3n) is 2.54. The predicted octanol–water partition coefficient (Wildman–Crippen LogP) is 0.136. The summed E-state index contributed by atoms with van der Waals surface area (Å²) >= 11 is 0. The summed E-state index contributed by atoms with van der Waals surface area (Å²) in [4.78, 5) is 15.2. The third-order valence-corrected chi connectivity index (χ3v) is 2.54. The highest BCUT2D eigenvalue weighted by molar-refractivity contribution is 5.84. The Kier molecular flexibility index (Phi) is 5.39. The number of aliphatic imine (C=N–C) groups is 1. The summed E-state index contributed by atoms with van der Waals surface area (Å²) in [5.41, 5.74) is 5.67. The molecule has 0 radical (unpaired) electrons.